The summed E-state index contributed by atoms with van der Waals surface area (Å²) in [7, 11) is 0. The van der Waals surface area contributed by atoms with Crippen LogP contribution >= 0.6 is 0 Å². The molecule has 4 bridgehead atoms. The van der Waals surface area contributed by atoms with Crippen LogP contribution in [0.5, 0.6) is 5.75 Å². The molecule has 37 heavy (non-hydrogen) atoms. The molecule has 1 aromatic carbocycles. The molecule has 1 aromatic heterocycles. The van der Waals surface area contributed by atoms with Gasteiger partial charge in [0.2, 0.25) is 5.95 Å². The van der Waals surface area contributed by atoms with E-state index in [9.17, 15) is 18.4 Å². The Kier molecular flexibility index (Phi) is 6.14. The number of aromatic nitrogens is 2. The highest BCUT2D eigenvalue weighted by Gasteiger charge is 2.56. The van der Waals surface area contributed by atoms with Gasteiger partial charge in [0.1, 0.15) is 23.2 Å². The monoisotopic (exact) mass is 512 g/mol. The van der Waals surface area contributed by atoms with Gasteiger partial charge < -0.3 is 15.4 Å². The summed E-state index contributed by atoms with van der Waals surface area (Å²) in [6.07, 6.45) is 4.39. The highest BCUT2D eigenvalue weighted by atomic mass is 19.4. The Labute approximate surface area is 214 Å². The Morgan fingerprint density at radius 3 is 2.54 bits per heavy atom. The number of halogens is 3. The summed E-state index contributed by atoms with van der Waals surface area (Å²) in [6, 6.07) is 8.87. The lowest BCUT2D eigenvalue weighted by atomic mass is 9.47. The molecule has 2 heterocycles. The van der Waals surface area contributed by atoms with Crippen molar-refractivity contribution in [3.05, 3.63) is 41.6 Å². The molecule has 0 spiro atoms. The molecule has 196 valence electrons. The minimum atomic E-state index is -4.77. The lowest BCUT2D eigenvalue weighted by Gasteiger charge is -2.63. The lowest BCUT2D eigenvalue weighted by molar-refractivity contribution is -0.274. The fourth-order valence-electron chi connectivity index (χ4n) is 7.62. The third kappa shape index (κ3) is 4.93. The van der Waals surface area contributed by atoms with Gasteiger partial charge in [-0.3, -0.25) is 4.90 Å². The first-order valence-corrected chi connectivity index (χ1v) is 13.1. The zero-order chi connectivity index (χ0) is 25.6. The van der Waals surface area contributed by atoms with Gasteiger partial charge in [-0.15, -0.1) is 13.2 Å². The van der Waals surface area contributed by atoms with Crippen LogP contribution in [0.2, 0.25) is 0 Å². The van der Waals surface area contributed by atoms with E-state index in [4.69, 9.17) is 0 Å². The summed E-state index contributed by atoms with van der Waals surface area (Å²) in [4.78, 5) is 11.4. The van der Waals surface area contributed by atoms with Crippen molar-refractivity contribution in [1.82, 2.24) is 14.9 Å². The van der Waals surface area contributed by atoms with Gasteiger partial charge in [0.05, 0.1) is 6.20 Å². The number of likely N-dealkylation sites (tertiary alicyclic amines) is 1. The number of rotatable bonds is 8. The van der Waals surface area contributed by atoms with Crippen molar-refractivity contribution in [3.63, 3.8) is 0 Å². The van der Waals surface area contributed by atoms with Gasteiger partial charge >= 0.3 is 6.36 Å². The Hall–Kier alpha value is -3.06. The van der Waals surface area contributed by atoms with Gasteiger partial charge in [-0.05, 0) is 80.8 Å². The maximum Gasteiger partial charge on any atom is 0.573 e. The van der Waals surface area contributed by atoms with E-state index in [2.05, 4.69) is 36.3 Å². The SMILES string of the molecule is N#Cc1cnc(NCc2ccccc2OC(F)(F)F)nc1NC[C@@]12CC3C[C@H](C1)[C@@H](N1CCC1)[C@@H](C3)C2. The quantitative estimate of drug-likeness (QED) is 0.505. The molecule has 10 heteroatoms. The number of alkyl halides is 3. The fourth-order valence-corrected chi connectivity index (χ4v) is 7.62. The molecule has 5 atom stereocenters. The van der Waals surface area contributed by atoms with E-state index in [0.717, 1.165) is 30.3 Å². The van der Waals surface area contributed by atoms with Crippen LogP contribution in [-0.4, -0.2) is 46.9 Å². The van der Waals surface area contributed by atoms with Crippen LogP contribution in [0.3, 0.4) is 0 Å². The fraction of sp³-hybridized carbons (Fsp3) is 0.593. The van der Waals surface area contributed by atoms with Crippen molar-refractivity contribution in [2.24, 2.45) is 23.2 Å². The van der Waals surface area contributed by atoms with Crippen molar-refractivity contribution in [1.29, 1.82) is 5.26 Å². The molecule has 2 N–H and O–H groups in total. The highest BCUT2D eigenvalue weighted by molar-refractivity contribution is 5.53. The first-order valence-electron chi connectivity index (χ1n) is 13.1. The molecular formula is C27H31F3N6O. The number of nitrogens with zero attached hydrogens (tertiary/aromatic N) is 4. The van der Waals surface area contributed by atoms with E-state index in [1.54, 1.807) is 12.1 Å². The normalized spacial score (nSPS) is 30.4. The molecule has 5 fully saturated rings. The van der Waals surface area contributed by atoms with Crippen LogP contribution in [0.1, 0.15) is 49.7 Å². The second-order valence-corrected chi connectivity index (χ2v) is 11.3. The topological polar surface area (TPSA) is 86.1 Å². The molecule has 1 saturated heterocycles. The van der Waals surface area contributed by atoms with Crippen LogP contribution in [0.25, 0.3) is 0 Å². The number of para-hydroxylation sites is 1. The van der Waals surface area contributed by atoms with E-state index in [1.165, 1.54) is 69.9 Å². The van der Waals surface area contributed by atoms with E-state index >= 15 is 0 Å². The van der Waals surface area contributed by atoms with Crippen molar-refractivity contribution >= 4 is 11.8 Å². The van der Waals surface area contributed by atoms with Crippen LogP contribution in [0.4, 0.5) is 24.9 Å². The molecule has 1 aliphatic heterocycles. The third-order valence-electron chi connectivity index (χ3n) is 8.84. The van der Waals surface area contributed by atoms with Crippen LogP contribution in [0, 0.1) is 34.5 Å². The minimum Gasteiger partial charge on any atom is -0.405 e. The standard InChI is InChI=1S/C27H31F3N6O/c28-27(29,30)37-22-5-2-1-4-18(22)14-32-25-33-15-21(13-31)24(35-25)34-16-26-10-17-8-19(11-26)23(20(9-17)12-26)36-6-3-7-36/h1-2,4-5,15,17,19-20,23H,3,6-12,14,16H2,(H2,32,33,34,35)/t17?,19-,20+,23-,26+. The third-order valence-corrected chi connectivity index (χ3v) is 8.84. The summed E-state index contributed by atoms with van der Waals surface area (Å²) >= 11 is 0. The molecule has 4 aliphatic carbocycles. The summed E-state index contributed by atoms with van der Waals surface area (Å²) in [5.41, 5.74) is 0.916. The Morgan fingerprint density at radius 2 is 1.86 bits per heavy atom. The predicted octanol–water partition coefficient (Wildman–Crippen LogP) is 5.17. The van der Waals surface area contributed by atoms with E-state index in [1.807, 2.05) is 0 Å². The van der Waals surface area contributed by atoms with Crippen molar-refractivity contribution in [2.45, 2.75) is 57.5 Å². The van der Waals surface area contributed by atoms with Gasteiger partial charge in [-0.25, -0.2) is 4.98 Å². The zero-order valence-corrected chi connectivity index (χ0v) is 20.6. The first kappa shape index (κ1) is 24.3. The Morgan fingerprint density at radius 1 is 1.11 bits per heavy atom. The van der Waals surface area contributed by atoms with Crippen LogP contribution in [-0.2, 0) is 6.54 Å². The second-order valence-electron chi connectivity index (χ2n) is 11.3. The average molecular weight is 513 g/mol. The number of benzene rings is 1. The molecular weight excluding hydrogens is 481 g/mol. The number of nitriles is 1. The van der Waals surface area contributed by atoms with Crippen molar-refractivity contribution in [2.75, 3.05) is 30.3 Å². The summed E-state index contributed by atoms with van der Waals surface area (Å²) < 4.78 is 42.4. The van der Waals surface area contributed by atoms with Crippen molar-refractivity contribution in [3.8, 4) is 11.8 Å². The molecule has 1 unspecified atom stereocenters. The average Bonchev–Trinajstić information content (AvgIpc) is 2.82. The first-order chi connectivity index (χ1) is 17.8. The molecule has 2 aromatic rings. The summed E-state index contributed by atoms with van der Waals surface area (Å²) in [5.74, 6) is 2.78. The van der Waals surface area contributed by atoms with Crippen molar-refractivity contribution < 1.29 is 17.9 Å². The molecule has 5 aliphatic rings. The van der Waals surface area contributed by atoms with Gasteiger partial charge in [0.15, 0.2) is 0 Å². The van der Waals surface area contributed by atoms with E-state index < -0.39 is 6.36 Å². The molecule has 0 radical (unpaired) electrons. The highest BCUT2D eigenvalue weighted by Crippen LogP contribution is 2.61. The van der Waals surface area contributed by atoms with E-state index in [0.29, 0.717) is 16.9 Å². The number of hydrogen-bond donors (Lipinski definition) is 2. The number of hydrogen-bond acceptors (Lipinski definition) is 7. The maximum absolute atomic E-state index is 12.7. The zero-order valence-electron chi connectivity index (χ0n) is 20.6. The smallest absolute Gasteiger partial charge is 0.405 e. The number of nitrogens with one attached hydrogen (secondary N) is 2. The molecule has 4 saturated carbocycles. The Bertz CT molecular complexity index is 1180. The molecule has 0 amide bonds. The van der Waals surface area contributed by atoms with Crippen LogP contribution in [0.15, 0.2) is 30.5 Å². The summed E-state index contributed by atoms with van der Waals surface area (Å²) in [5, 5.41) is 16.1. The maximum atomic E-state index is 12.7. The second kappa shape index (κ2) is 9.35. The lowest BCUT2D eigenvalue weighted by Crippen LogP contribution is -2.62. The van der Waals surface area contributed by atoms with Gasteiger partial charge in [0.25, 0.3) is 0 Å². The van der Waals surface area contributed by atoms with Gasteiger partial charge in [0, 0.05) is 24.7 Å². The largest absolute Gasteiger partial charge is 0.573 e. The molecule has 7 nitrogen and oxygen atoms in total. The predicted molar refractivity (Wildman–Crippen MR) is 132 cm³/mol. The Balaban J connectivity index is 1.13. The number of ether oxygens (including phenoxy) is 1. The van der Waals surface area contributed by atoms with Gasteiger partial charge in [-0.1, -0.05) is 18.2 Å². The summed E-state index contributed by atoms with van der Waals surface area (Å²) in [6.45, 7) is 3.33. The van der Waals surface area contributed by atoms with Gasteiger partial charge in [-0.2, -0.15) is 10.2 Å². The molecule has 7 rings (SSSR count). The van der Waals surface area contributed by atoms with Crippen LogP contribution < -0.4 is 15.4 Å². The minimum absolute atomic E-state index is 0.0461. The number of anilines is 2. The van der Waals surface area contributed by atoms with E-state index in [-0.39, 0.29) is 23.7 Å².